The van der Waals surface area contributed by atoms with Crippen LogP contribution >= 0.6 is 11.8 Å². The van der Waals surface area contributed by atoms with Crippen molar-refractivity contribution in [2.45, 2.75) is 47.6 Å². The number of piperidine rings is 1. The van der Waals surface area contributed by atoms with Crippen LogP contribution in [-0.2, 0) is 19.6 Å². The normalized spacial score (nSPS) is 19.4. The number of amides is 2. The lowest BCUT2D eigenvalue weighted by Crippen LogP contribution is -2.39. The summed E-state index contributed by atoms with van der Waals surface area (Å²) >= 11 is 1.43. The van der Waals surface area contributed by atoms with Gasteiger partial charge in [-0.25, -0.2) is 17.2 Å². The Labute approximate surface area is 201 Å². The van der Waals surface area contributed by atoms with Crippen molar-refractivity contribution >= 4 is 45.0 Å². The van der Waals surface area contributed by atoms with Crippen LogP contribution in [-0.4, -0.2) is 49.4 Å². The molecule has 2 aliphatic rings. The number of rotatable bonds is 5. The molecule has 11 heteroatoms. The largest absolute Gasteiger partial charge is 0.322 e. The minimum atomic E-state index is -3.75. The molecule has 0 aliphatic carbocycles. The fraction of sp³-hybridized carbons (Fsp3) is 0.391. The van der Waals surface area contributed by atoms with E-state index < -0.39 is 34.1 Å². The molecular weight excluding hydrogens is 484 g/mol. The van der Waals surface area contributed by atoms with E-state index in [1.165, 1.54) is 33.1 Å². The number of fused-ring (bicyclic) bond motifs is 1. The molecule has 2 aliphatic heterocycles. The maximum atomic E-state index is 14.0. The topological polar surface area (TPSA) is 86.8 Å². The van der Waals surface area contributed by atoms with Crippen molar-refractivity contribution in [2.75, 3.05) is 29.9 Å². The quantitative estimate of drug-likeness (QED) is 0.659. The second kappa shape index (κ2) is 10.0. The highest BCUT2D eigenvalue weighted by Gasteiger charge is 2.32. The van der Waals surface area contributed by atoms with Gasteiger partial charge in [0, 0.05) is 35.7 Å². The van der Waals surface area contributed by atoms with Crippen LogP contribution in [0, 0.1) is 11.6 Å². The molecular formula is C23H25F2N3O4S2. The number of thioether (sulfide) groups is 1. The highest BCUT2D eigenvalue weighted by atomic mass is 32.2. The van der Waals surface area contributed by atoms with Crippen molar-refractivity contribution in [1.82, 2.24) is 4.31 Å². The number of halogens is 2. The van der Waals surface area contributed by atoms with Gasteiger partial charge in [0.05, 0.1) is 16.3 Å². The first kappa shape index (κ1) is 24.6. The third kappa shape index (κ3) is 5.26. The standard InChI is InChI=1S/C23H25F2N3O4S2/c1-15-11-23(30)28(14-22(29)26-19-7-5-16(24)12-18(19)25)20-13-17(6-8-21(20)33-15)34(31,32)27-9-3-2-4-10-27/h5-8,12-13,15H,2-4,9-11,14H2,1H3,(H,26,29). The van der Waals surface area contributed by atoms with Crippen molar-refractivity contribution in [3.63, 3.8) is 0 Å². The zero-order valence-electron chi connectivity index (χ0n) is 18.6. The van der Waals surface area contributed by atoms with Gasteiger partial charge >= 0.3 is 0 Å². The SMILES string of the molecule is CC1CC(=O)N(CC(=O)Nc2ccc(F)cc2F)c2cc(S(=O)(=O)N3CCCCC3)ccc2S1. The first-order valence-corrected chi connectivity index (χ1v) is 13.3. The van der Waals surface area contributed by atoms with Gasteiger partial charge < -0.3 is 10.2 Å². The second-order valence-corrected chi connectivity index (χ2v) is 11.8. The fourth-order valence-corrected chi connectivity index (χ4v) is 6.70. The van der Waals surface area contributed by atoms with Gasteiger partial charge in [-0.1, -0.05) is 13.3 Å². The Morgan fingerprint density at radius 2 is 1.85 bits per heavy atom. The molecule has 0 radical (unpaired) electrons. The van der Waals surface area contributed by atoms with Crippen LogP contribution in [0.3, 0.4) is 0 Å². The van der Waals surface area contributed by atoms with Gasteiger partial charge in [0.25, 0.3) is 0 Å². The summed E-state index contributed by atoms with van der Waals surface area (Å²) in [6.45, 7) is 2.32. The van der Waals surface area contributed by atoms with Crippen LogP contribution < -0.4 is 10.2 Å². The monoisotopic (exact) mass is 509 g/mol. The Hall–Kier alpha value is -2.50. The summed E-state index contributed by atoms with van der Waals surface area (Å²) in [5.41, 5.74) is 0.116. The van der Waals surface area contributed by atoms with Crippen LogP contribution in [0.2, 0.25) is 0 Å². The van der Waals surface area contributed by atoms with Crippen LogP contribution in [0.1, 0.15) is 32.6 Å². The Balaban J connectivity index is 1.64. The minimum Gasteiger partial charge on any atom is -0.322 e. The van der Waals surface area contributed by atoms with Crippen molar-refractivity contribution in [3.8, 4) is 0 Å². The number of carbonyl (C=O) groups excluding carboxylic acids is 2. The van der Waals surface area contributed by atoms with Gasteiger partial charge in [0.2, 0.25) is 21.8 Å². The first-order chi connectivity index (χ1) is 16.1. The van der Waals surface area contributed by atoms with E-state index in [1.807, 2.05) is 6.92 Å². The van der Waals surface area contributed by atoms with E-state index in [1.54, 1.807) is 6.07 Å². The lowest BCUT2D eigenvalue weighted by atomic mass is 10.2. The zero-order valence-corrected chi connectivity index (χ0v) is 20.2. The van der Waals surface area contributed by atoms with Gasteiger partial charge in [-0.15, -0.1) is 11.8 Å². The summed E-state index contributed by atoms with van der Waals surface area (Å²) < 4.78 is 55.0. The number of nitrogens with one attached hydrogen (secondary N) is 1. The predicted octanol–water partition coefficient (Wildman–Crippen LogP) is 4.00. The summed E-state index contributed by atoms with van der Waals surface area (Å²) in [4.78, 5) is 27.7. The Bertz CT molecular complexity index is 1220. The van der Waals surface area contributed by atoms with E-state index in [0.717, 1.165) is 31.4 Å². The number of carbonyl (C=O) groups is 2. The number of sulfonamides is 1. The molecule has 2 aromatic carbocycles. The molecule has 0 spiro atoms. The molecule has 34 heavy (non-hydrogen) atoms. The molecule has 2 amide bonds. The van der Waals surface area contributed by atoms with Gasteiger partial charge in [0.15, 0.2) is 0 Å². The van der Waals surface area contributed by atoms with Gasteiger partial charge in [0.1, 0.15) is 18.2 Å². The molecule has 1 unspecified atom stereocenters. The molecule has 1 atom stereocenters. The number of hydrogen-bond donors (Lipinski definition) is 1. The van der Waals surface area contributed by atoms with E-state index >= 15 is 0 Å². The van der Waals surface area contributed by atoms with Crippen LogP contribution in [0.15, 0.2) is 46.2 Å². The summed E-state index contributed by atoms with van der Waals surface area (Å²) in [5.74, 6) is -2.75. The molecule has 1 saturated heterocycles. The molecule has 2 heterocycles. The smallest absolute Gasteiger partial charge is 0.244 e. The zero-order chi connectivity index (χ0) is 24.5. The summed E-state index contributed by atoms with van der Waals surface area (Å²) in [6.07, 6.45) is 2.72. The van der Waals surface area contributed by atoms with E-state index in [-0.39, 0.29) is 28.2 Å². The Kier molecular flexibility index (Phi) is 7.25. The van der Waals surface area contributed by atoms with E-state index in [0.29, 0.717) is 29.7 Å². The summed E-state index contributed by atoms with van der Waals surface area (Å²) in [7, 11) is -3.75. The average molecular weight is 510 g/mol. The van der Waals surface area contributed by atoms with Crippen molar-refractivity contribution in [2.24, 2.45) is 0 Å². The fourth-order valence-electron chi connectivity index (χ4n) is 4.07. The van der Waals surface area contributed by atoms with Gasteiger partial charge in [-0.05, 0) is 43.2 Å². The maximum absolute atomic E-state index is 14.0. The lowest BCUT2D eigenvalue weighted by Gasteiger charge is -2.27. The lowest BCUT2D eigenvalue weighted by molar-refractivity contribution is -0.121. The first-order valence-electron chi connectivity index (χ1n) is 11.0. The number of hydrogen-bond acceptors (Lipinski definition) is 5. The maximum Gasteiger partial charge on any atom is 0.244 e. The van der Waals surface area contributed by atoms with E-state index in [9.17, 15) is 26.8 Å². The Morgan fingerprint density at radius 1 is 1.12 bits per heavy atom. The second-order valence-electron chi connectivity index (χ2n) is 8.38. The van der Waals surface area contributed by atoms with Crippen molar-refractivity contribution in [3.05, 3.63) is 48.0 Å². The highest BCUT2D eigenvalue weighted by molar-refractivity contribution is 8.00. The molecule has 4 rings (SSSR count). The van der Waals surface area contributed by atoms with Gasteiger partial charge in [-0.3, -0.25) is 9.59 Å². The summed E-state index contributed by atoms with van der Waals surface area (Å²) in [5, 5.41) is 2.27. The third-order valence-corrected chi connectivity index (χ3v) is 8.84. The molecule has 1 fully saturated rings. The van der Waals surface area contributed by atoms with Crippen LogP contribution in [0.5, 0.6) is 0 Å². The predicted molar refractivity (Wildman–Crippen MR) is 126 cm³/mol. The molecule has 0 aromatic heterocycles. The van der Waals surface area contributed by atoms with Crippen LogP contribution in [0.4, 0.5) is 20.2 Å². The molecule has 0 saturated carbocycles. The average Bonchev–Trinajstić information content (AvgIpc) is 2.91. The van der Waals surface area contributed by atoms with Crippen molar-refractivity contribution in [1.29, 1.82) is 0 Å². The van der Waals surface area contributed by atoms with Crippen LogP contribution in [0.25, 0.3) is 0 Å². The van der Waals surface area contributed by atoms with Gasteiger partial charge in [-0.2, -0.15) is 4.31 Å². The minimum absolute atomic E-state index is 0.0612. The molecule has 2 aromatic rings. The Morgan fingerprint density at radius 3 is 2.56 bits per heavy atom. The third-order valence-electron chi connectivity index (χ3n) is 5.77. The molecule has 7 nitrogen and oxygen atoms in total. The molecule has 182 valence electrons. The number of nitrogens with zero attached hydrogens (tertiary/aromatic N) is 2. The van der Waals surface area contributed by atoms with E-state index in [4.69, 9.17) is 0 Å². The number of benzene rings is 2. The molecule has 1 N–H and O–H groups in total. The summed E-state index contributed by atoms with van der Waals surface area (Å²) in [6, 6.07) is 7.40. The number of anilines is 2. The highest BCUT2D eigenvalue weighted by Crippen LogP contribution is 2.39. The molecule has 0 bridgehead atoms. The van der Waals surface area contributed by atoms with E-state index in [2.05, 4.69) is 5.32 Å². The van der Waals surface area contributed by atoms with Crippen molar-refractivity contribution < 1.29 is 26.8 Å².